The quantitative estimate of drug-likeness (QED) is 0.853. The topological polar surface area (TPSA) is 58.2 Å². The molecule has 4 nitrogen and oxygen atoms in total. The predicted octanol–water partition coefficient (Wildman–Crippen LogP) is 3.37. The minimum absolute atomic E-state index is 0.185. The molecule has 1 saturated heterocycles. The van der Waals surface area contributed by atoms with Crippen LogP contribution in [0.5, 0.6) is 0 Å². The smallest absolute Gasteiger partial charge is 0.316 e. The van der Waals surface area contributed by atoms with Gasteiger partial charge in [-0.05, 0) is 60.8 Å². The van der Waals surface area contributed by atoms with E-state index in [0.29, 0.717) is 11.6 Å². The summed E-state index contributed by atoms with van der Waals surface area (Å²) in [7, 11) is -3.94. The van der Waals surface area contributed by atoms with E-state index in [-0.39, 0.29) is 10.3 Å². The van der Waals surface area contributed by atoms with Gasteiger partial charge in [0.25, 0.3) is 10.0 Å². The molecule has 0 unspecified atom stereocenters. The highest BCUT2D eigenvalue weighted by molar-refractivity contribution is 7.92. The standard InChI is InChI=1S/C18H17F3N2O2S/c19-18(20,21)13-3-7-16(8-4-13)26(24,25)23-15-5-1-12(2-6-15)17-9-14(17)10-22-11-17/h1-8,14,22-23H,9-11H2/t14-,17+/m1/s1. The number of rotatable bonds is 4. The molecule has 0 radical (unpaired) electrons. The third-order valence-electron chi connectivity index (χ3n) is 5.27. The normalized spacial score (nSPS) is 25.0. The number of fused-ring (bicyclic) bond motifs is 1. The summed E-state index contributed by atoms with van der Waals surface area (Å²) < 4.78 is 64.9. The second-order valence-electron chi connectivity index (χ2n) is 6.89. The minimum atomic E-state index is -4.50. The minimum Gasteiger partial charge on any atom is -0.316 e. The Morgan fingerprint density at radius 3 is 2.19 bits per heavy atom. The summed E-state index contributed by atoms with van der Waals surface area (Å²) in [5.74, 6) is 0.650. The number of hydrogen-bond acceptors (Lipinski definition) is 3. The number of benzene rings is 2. The lowest BCUT2D eigenvalue weighted by Gasteiger charge is -2.14. The largest absolute Gasteiger partial charge is 0.416 e. The molecule has 0 aromatic heterocycles. The van der Waals surface area contributed by atoms with E-state index in [1.54, 1.807) is 12.1 Å². The molecule has 2 fully saturated rings. The molecule has 2 aliphatic rings. The fraction of sp³-hybridized carbons (Fsp3) is 0.333. The highest BCUT2D eigenvalue weighted by atomic mass is 32.2. The van der Waals surface area contributed by atoms with Gasteiger partial charge in [-0.25, -0.2) is 8.42 Å². The van der Waals surface area contributed by atoms with Gasteiger partial charge in [-0.1, -0.05) is 12.1 Å². The van der Waals surface area contributed by atoms with E-state index in [9.17, 15) is 21.6 Å². The van der Waals surface area contributed by atoms with Crippen molar-refractivity contribution in [1.82, 2.24) is 5.32 Å². The number of sulfonamides is 1. The summed E-state index contributed by atoms with van der Waals surface area (Å²) in [6.45, 7) is 1.95. The molecule has 138 valence electrons. The van der Waals surface area contributed by atoms with Crippen molar-refractivity contribution in [2.24, 2.45) is 5.92 Å². The monoisotopic (exact) mass is 382 g/mol. The first-order chi connectivity index (χ1) is 12.2. The molecule has 2 N–H and O–H groups in total. The van der Waals surface area contributed by atoms with Gasteiger partial charge >= 0.3 is 6.18 Å². The van der Waals surface area contributed by atoms with Gasteiger partial charge in [0.05, 0.1) is 10.5 Å². The first-order valence-electron chi connectivity index (χ1n) is 8.22. The molecule has 26 heavy (non-hydrogen) atoms. The molecule has 1 aliphatic heterocycles. The van der Waals surface area contributed by atoms with Crippen LogP contribution < -0.4 is 10.0 Å². The Morgan fingerprint density at radius 2 is 1.69 bits per heavy atom. The Labute approximate surface area is 149 Å². The van der Waals surface area contributed by atoms with E-state index in [1.165, 1.54) is 5.56 Å². The van der Waals surface area contributed by atoms with Crippen LogP contribution in [0.25, 0.3) is 0 Å². The number of hydrogen-bond donors (Lipinski definition) is 2. The van der Waals surface area contributed by atoms with Crippen molar-refractivity contribution < 1.29 is 21.6 Å². The molecule has 0 spiro atoms. The van der Waals surface area contributed by atoms with Crippen molar-refractivity contribution in [3.8, 4) is 0 Å². The molecule has 8 heteroatoms. The van der Waals surface area contributed by atoms with Crippen molar-refractivity contribution in [3.05, 3.63) is 59.7 Å². The number of halogens is 3. The fourth-order valence-corrected chi connectivity index (χ4v) is 4.76. The van der Waals surface area contributed by atoms with Crippen LogP contribution in [0, 0.1) is 5.92 Å². The van der Waals surface area contributed by atoms with E-state index < -0.39 is 21.8 Å². The van der Waals surface area contributed by atoms with Gasteiger partial charge in [0, 0.05) is 17.6 Å². The molecular weight excluding hydrogens is 365 g/mol. The van der Waals surface area contributed by atoms with E-state index in [1.807, 2.05) is 12.1 Å². The van der Waals surface area contributed by atoms with E-state index in [4.69, 9.17) is 0 Å². The molecule has 2 aromatic rings. The molecule has 2 atom stereocenters. The maximum Gasteiger partial charge on any atom is 0.416 e. The van der Waals surface area contributed by atoms with Crippen molar-refractivity contribution >= 4 is 15.7 Å². The Balaban J connectivity index is 1.51. The van der Waals surface area contributed by atoms with E-state index in [2.05, 4.69) is 10.0 Å². The highest BCUT2D eigenvalue weighted by Crippen LogP contribution is 2.56. The summed E-state index contributed by atoms with van der Waals surface area (Å²) >= 11 is 0. The van der Waals surface area contributed by atoms with Gasteiger partial charge in [0.15, 0.2) is 0 Å². The SMILES string of the molecule is O=S(=O)(Nc1ccc([C@]23CNC[C@H]2C3)cc1)c1ccc(C(F)(F)F)cc1. The molecule has 0 amide bonds. The van der Waals surface area contributed by atoms with Gasteiger partial charge in [-0.2, -0.15) is 13.2 Å². The van der Waals surface area contributed by atoms with Gasteiger partial charge < -0.3 is 5.32 Å². The van der Waals surface area contributed by atoms with Crippen LogP contribution in [0.1, 0.15) is 17.5 Å². The first kappa shape index (κ1) is 17.4. The Bertz CT molecular complexity index is 924. The lowest BCUT2D eigenvalue weighted by atomic mass is 9.95. The van der Waals surface area contributed by atoms with Gasteiger partial charge in [0.2, 0.25) is 0 Å². The van der Waals surface area contributed by atoms with Crippen molar-refractivity contribution in [2.75, 3.05) is 17.8 Å². The van der Waals surface area contributed by atoms with Crippen LogP contribution in [0.15, 0.2) is 53.4 Å². The second kappa shape index (κ2) is 5.72. The van der Waals surface area contributed by atoms with Gasteiger partial charge in [-0.3, -0.25) is 4.72 Å². The predicted molar refractivity (Wildman–Crippen MR) is 91.3 cm³/mol. The van der Waals surface area contributed by atoms with Crippen LogP contribution in [0.2, 0.25) is 0 Å². The van der Waals surface area contributed by atoms with Crippen LogP contribution in [0.3, 0.4) is 0 Å². The fourth-order valence-electron chi connectivity index (χ4n) is 3.70. The van der Waals surface area contributed by atoms with E-state index in [0.717, 1.165) is 43.8 Å². The second-order valence-corrected chi connectivity index (χ2v) is 8.58. The summed E-state index contributed by atoms with van der Waals surface area (Å²) in [6.07, 6.45) is -3.35. The van der Waals surface area contributed by atoms with Crippen LogP contribution in [-0.4, -0.2) is 21.5 Å². The van der Waals surface area contributed by atoms with Crippen LogP contribution in [-0.2, 0) is 21.6 Å². The molecule has 1 saturated carbocycles. The van der Waals surface area contributed by atoms with Crippen molar-refractivity contribution in [2.45, 2.75) is 22.9 Å². The summed E-state index contributed by atoms with van der Waals surface area (Å²) in [5, 5.41) is 3.36. The van der Waals surface area contributed by atoms with Crippen molar-refractivity contribution in [3.63, 3.8) is 0 Å². The third kappa shape index (κ3) is 2.97. The van der Waals surface area contributed by atoms with Gasteiger partial charge in [-0.15, -0.1) is 0 Å². The Kier molecular flexibility index (Phi) is 3.82. The maximum atomic E-state index is 12.6. The maximum absolute atomic E-state index is 12.6. The number of nitrogens with one attached hydrogen (secondary N) is 2. The number of piperidine rings is 1. The first-order valence-corrected chi connectivity index (χ1v) is 9.70. The number of anilines is 1. The lowest BCUT2D eigenvalue weighted by Crippen LogP contribution is -2.19. The zero-order chi connectivity index (χ0) is 18.6. The lowest BCUT2D eigenvalue weighted by molar-refractivity contribution is -0.137. The Morgan fingerprint density at radius 1 is 1.04 bits per heavy atom. The average molecular weight is 382 g/mol. The van der Waals surface area contributed by atoms with Gasteiger partial charge in [0.1, 0.15) is 0 Å². The average Bonchev–Trinajstić information content (AvgIpc) is 3.15. The number of alkyl halides is 3. The molecule has 0 bridgehead atoms. The third-order valence-corrected chi connectivity index (χ3v) is 6.66. The van der Waals surface area contributed by atoms with Crippen LogP contribution >= 0.6 is 0 Å². The molecular formula is C18H17F3N2O2S. The zero-order valence-corrected chi connectivity index (χ0v) is 14.5. The van der Waals surface area contributed by atoms with E-state index >= 15 is 0 Å². The summed E-state index contributed by atoms with van der Waals surface area (Å²) in [5.41, 5.74) is 0.868. The van der Waals surface area contributed by atoms with Crippen LogP contribution in [0.4, 0.5) is 18.9 Å². The highest BCUT2D eigenvalue weighted by Gasteiger charge is 2.57. The molecule has 1 heterocycles. The summed E-state index contributed by atoms with van der Waals surface area (Å²) in [4.78, 5) is -0.213. The summed E-state index contributed by atoms with van der Waals surface area (Å²) in [6, 6.07) is 10.7. The molecule has 1 aliphatic carbocycles. The molecule has 2 aromatic carbocycles. The van der Waals surface area contributed by atoms with Crippen molar-refractivity contribution in [1.29, 1.82) is 0 Å². The Hall–Kier alpha value is -2.06. The molecule has 4 rings (SSSR count). The zero-order valence-electron chi connectivity index (χ0n) is 13.7.